The number of hydrogen-bond acceptors (Lipinski definition) is 2. The number of H-pyrrole nitrogens is 1. The third-order valence-corrected chi connectivity index (χ3v) is 4.00. The van der Waals surface area contributed by atoms with Gasteiger partial charge in [-0.2, -0.15) is 0 Å². The highest BCUT2D eigenvalue weighted by atomic mass is 79.9. The molecule has 1 unspecified atom stereocenters. The van der Waals surface area contributed by atoms with Crippen LogP contribution in [0.3, 0.4) is 0 Å². The molecule has 1 atom stereocenters. The first-order valence-electron chi connectivity index (χ1n) is 6.21. The molecule has 20 heavy (non-hydrogen) atoms. The summed E-state index contributed by atoms with van der Waals surface area (Å²) in [6.07, 6.45) is 1.48. The van der Waals surface area contributed by atoms with E-state index in [1.807, 2.05) is 31.2 Å². The van der Waals surface area contributed by atoms with Crippen molar-refractivity contribution < 1.29 is 4.79 Å². The largest absolute Gasteiger partial charge is 0.335 e. The summed E-state index contributed by atoms with van der Waals surface area (Å²) in [6.45, 7) is 1.95. The van der Waals surface area contributed by atoms with E-state index < -0.39 is 0 Å². The van der Waals surface area contributed by atoms with E-state index in [4.69, 9.17) is 0 Å². The minimum atomic E-state index is -0.280. The number of hydrogen-bond donors (Lipinski definition) is 1. The van der Waals surface area contributed by atoms with Crippen LogP contribution in [0.2, 0.25) is 0 Å². The lowest BCUT2D eigenvalue weighted by atomic mass is 10.1. The van der Waals surface area contributed by atoms with Crippen LogP contribution >= 0.6 is 15.9 Å². The zero-order valence-corrected chi connectivity index (χ0v) is 12.8. The summed E-state index contributed by atoms with van der Waals surface area (Å²) < 4.78 is 0.957. The van der Waals surface area contributed by atoms with Crippen molar-refractivity contribution in [1.82, 2.24) is 9.88 Å². The maximum atomic E-state index is 12.4. The lowest BCUT2D eigenvalue weighted by Crippen LogP contribution is -2.30. The molecular weight excluding hydrogens is 320 g/mol. The Morgan fingerprint density at radius 3 is 2.65 bits per heavy atom. The van der Waals surface area contributed by atoms with Crippen LogP contribution in [0.5, 0.6) is 0 Å². The average molecular weight is 335 g/mol. The van der Waals surface area contributed by atoms with Crippen molar-refractivity contribution in [2.45, 2.75) is 13.0 Å². The number of halogens is 1. The molecule has 0 aliphatic heterocycles. The zero-order chi connectivity index (χ0) is 14.7. The average Bonchev–Trinajstić information content (AvgIpc) is 2.45. The Labute approximate surface area is 125 Å². The molecule has 2 aromatic rings. The van der Waals surface area contributed by atoms with Crippen LogP contribution < -0.4 is 5.56 Å². The maximum Gasteiger partial charge on any atom is 0.254 e. The molecule has 2 rings (SSSR count). The second-order valence-corrected chi connectivity index (χ2v) is 5.41. The number of aromatic nitrogens is 1. The van der Waals surface area contributed by atoms with E-state index >= 15 is 0 Å². The summed E-state index contributed by atoms with van der Waals surface area (Å²) in [7, 11) is 1.73. The van der Waals surface area contributed by atoms with Gasteiger partial charge >= 0.3 is 0 Å². The first-order chi connectivity index (χ1) is 9.50. The Kier molecular flexibility index (Phi) is 4.39. The van der Waals surface area contributed by atoms with Crippen molar-refractivity contribution in [2.24, 2.45) is 0 Å². The van der Waals surface area contributed by atoms with Gasteiger partial charge in [-0.1, -0.05) is 34.1 Å². The van der Waals surface area contributed by atoms with Gasteiger partial charge in [0.15, 0.2) is 0 Å². The summed E-state index contributed by atoms with van der Waals surface area (Å²) in [5.41, 5.74) is 1.13. The third kappa shape index (κ3) is 2.99. The summed E-state index contributed by atoms with van der Waals surface area (Å²) in [4.78, 5) is 27.8. The van der Waals surface area contributed by atoms with Crippen molar-refractivity contribution in [2.75, 3.05) is 7.05 Å². The molecule has 1 aromatic heterocycles. The van der Waals surface area contributed by atoms with Crippen molar-refractivity contribution in [3.63, 3.8) is 0 Å². The van der Waals surface area contributed by atoms with Crippen LogP contribution in [0, 0.1) is 0 Å². The number of amides is 1. The Bertz CT molecular complexity index is 681. The number of nitrogens with one attached hydrogen (secondary N) is 1. The number of nitrogens with zero attached hydrogens (tertiary/aromatic N) is 1. The number of carbonyl (C=O) groups is 1. The fourth-order valence-electron chi connectivity index (χ4n) is 1.98. The van der Waals surface area contributed by atoms with Crippen molar-refractivity contribution in [3.05, 3.63) is 68.5 Å². The molecule has 104 valence electrons. The zero-order valence-electron chi connectivity index (χ0n) is 11.3. The van der Waals surface area contributed by atoms with Gasteiger partial charge in [-0.15, -0.1) is 0 Å². The van der Waals surface area contributed by atoms with Gasteiger partial charge in [0.2, 0.25) is 5.56 Å². The molecule has 0 aliphatic carbocycles. The molecule has 0 saturated carbocycles. The normalized spacial score (nSPS) is 11.9. The molecule has 1 N–H and O–H groups in total. The molecule has 4 nitrogen and oxygen atoms in total. The summed E-state index contributed by atoms with van der Waals surface area (Å²) in [5, 5.41) is 0. The lowest BCUT2D eigenvalue weighted by Gasteiger charge is -2.26. The van der Waals surface area contributed by atoms with Crippen LogP contribution in [0.15, 0.2) is 51.9 Å². The van der Waals surface area contributed by atoms with E-state index in [1.165, 1.54) is 12.3 Å². The quantitative estimate of drug-likeness (QED) is 0.938. The molecule has 1 aromatic carbocycles. The van der Waals surface area contributed by atoms with Gasteiger partial charge in [0.25, 0.3) is 5.91 Å². The minimum absolute atomic E-state index is 0.0997. The van der Waals surface area contributed by atoms with Gasteiger partial charge in [-0.3, -0.25) is 9.59 Å². The number of pyridine rings is 1. The number of rotatable bonds is 3. The van der Waals surface area contributed by atoms with Crippen molar-refractivity contribution in [3.8, 4) is 0 Å². The van der Waals surface area contributed by atoms with Gasteiger partial charge in [0.1, 0.15) is 0 Å². The molecule has 0 radical (unpaired) electrons. The fraction of sp³-hybridized carbons (Fsp3) is 0.200. The first kappa shape index (κ1) is 14.5. The topological polar surface area (TPSA) is 53.2 Å². The van der Waals surface area contributed by atoms with Crippen LogP contribution in [0.25, 0.3) is 0 Å². The van der Waals surface area contributed by atoms with E-state index in [-0.39, 0.29) is 17.5 Å². The summed E-state index contributed by atoms with van der Waals surface area (Å²) in [6, 6.07) is 10.6. The molecule has 0 bridgehead atoms. The highest BCUT2D eigenvalue weighted by molar-refractivity contribution is 9.10. The van der Waals surface area contributed by atoms with E-state index in [0.717, 1.165) is 10.0 Å². The van der Waals surface area contributed by atoms with E-state index in [0.29, 0.717) is 5.56 Å². The fourth-order valence-corrected chi connectivity index (χ4v) is 2.60. The second-order valence-electron chi connectivity index (χ2n) is 4.56. The summed E-state index contributed by atoms with van der Waals surface area (Å²) in [5.74, 6) is -0.181. The Balaban J connectivity index is 2.27. The van der Waals surface area contributed by atoms with E-state index in [2.05, 4.69) is 20.9 Å². The van der Waals surface area contributed by atoms with Gasteiger partial charge in [-0.25, -0.2) is 0 Å². The third-order valence-electron chi connectivity index (χ3n) is 3.28. The smallest absolute Gasteiger partial charge is 0.254 e. The van der Waals surface area contributed by atoms with Gasteiger partial charge in [0.05, 0.1) is 6.04 Å². The molecule has 0 spiro atoms. The molecule has 0 saturated heterocycles. The number of carbonyl (C=O) groups excluding carboxylic acids is 1. The molecular formula is C15H15BrN2O2. The van der Waals surface area contributed by atoms with E-state index in [1.54, 1.807) is 18.0 Å². The lowest BCUT2D eigenvalue weighted by molar-refractivity contribution is 0.0742. The van der Waals surface area contributed by atoms with Crippen LogP contribution in [-0.2, 0) is 0 Å². The molecule has 1 heterocycles. The monoisotopic (exact) mass is 334 g/mol. The maximum absolute atomic E-state index is 12.4. The highest BCUT2D eigenvalue weighted by Crippen LogP contribution is 2.27. The summed E-state index contributed by atoms with van der Waals surface area (Å²) >= 11 is 3.49. The van der Waals surface area contributed by atoms with E-state index in [9.17, 15) is 9.59 Å². The Hall–Kier alpha value is -1.88. The predicted molar refractivity (Wildman–Crippen MR) is 81.7 cm³/mol. The van der Waals surface area contributed by atoms with Crippen molar-refractivity contribution in [1.29, 1.82) is 0 Å². The van der Waals surface area contributed by atoms with Gasteiger partial charge < -0.3 is 9.88 Å². The predicted octanol–water partition coefficient (Wildman–Crippen LogP) is 2.97. The highest BCUT2D eigenvalue weighted by Gasteiger charge is 2.20. The number of aromatic amines is 1. The minimum Gasteiger partial charge on any atom is -0.335 e. The van der Waals surface area contributed by atoms with Crippen LogP contribution in [-0.4, -0.2) is 22.8 Å². The number of benzene rings is 1. The van der Waals surface area contributed by atoms with Gasteiger partial charge in [-0.05, 0) is 24.6 Å². The molecule has 1 amide bonds. The molecule has 0 aliphatic rings. The van der Waals surface area contributed by atoms with Crippen LogP contribution in [0.1, 0.15) is 28.9 Å². The molecule has 0 fully saturated rings. The first-order valence-corrected chi connectivity index (χ1v) is 7.00. The Morgan fingerprint density at radius 2 is 2.00 bits per heavy atom. The SMILES string of the molecule is CC(c1ccccc1Br)N(C)C(=O)c1cc[nH]c(=O)c1. The molecule has 5 heteroatoms. The second kappa shape index (κ2) is 6.05. The van der Waals surface area contributed by atoms with Crippen LogP contribution in [0.4, 0.5) is 0 Å². The standard InChI is InChI=1S/C15H15BrN2O2/c1-10(12-5-3-4-6-13(12)16)18(2)15(20)11-7-8-17-14(19)9-11/h3-10H,1-2H3,(H,17,19). The van der Waals surface area contributed by atoms with Gasteiger partial charge in [0, 0.05) is 29.3 Å². The van der Waals surface area contributed by atoms with Crippen molar-refractivity contribution >= 4 is 21.8 Å². The Morgan fingerprint density at radius 1 is 1.30 bits per heavy atom.